The number of carbonyl (C=O) groups excluding carboxylic acids is 3. The summed E-state index contributed by atoms with van der Waals surface area (Å²) in [6.45, 7) is 0. The van der Waals surface area contributed by atoms with Crippen LogP contribution in [0.3, 0.4) is 0 Å². The summed E-state index contributed by atoms with van der Waals surface area (Å²) in [6.07, 6.45) is -2.85. The monoisotopic (exact) mass is 952 g/mol. The van der Waals surface area contributed by atoms with Crippen LogP contribution in [-0.2, 0) is 4.74 Å². The zero-order valence-electron chi connectivity index (χ0n) is 36.0. The van der Waals surface area contributed by atoms with Crippen molar-refractivity contribution in [2.45, 2.75) is 0 Å². The lowest BCUT2D eigenvalue weighted by Gasteiger charge is -2.03. The molecule has 0 aliphatic carbocycles. The Hall–Kier alpha value is -10.7. The normalized spacial score (nSPS) is 10.4. The Bertz CT molecular complexity index is 3380. The first-order valence-corrected chi connectivity index (χ1v) is 19.9. The molecule has 6 aromatic carbocycles. The molecular weight excluding hydrogens is 921 g/mol. The van der Waals surface area contributed by atoms with Gasteiger partial charge >= 0.3 is 18.5 Å². The van der Waals surface area contributed by atoms with Crippen molar-refractivity contribution in [1.82, 2.24) is 90.9 Å². The molecule has 0 radical (unpaired) electrons. The number of aromatic nitrogens is 18. The number of hydrogen-bond donors (Lipinski definition) is 2. The van der Waals surface area contributed by atoms with Crippen molar-refractivity contribution in [3.63, 3.8) is 0 Å². The molecule has 0 bridgehead atoms. The summed E-state index contributed by atoms with van der Waals surface area (Å²) in [5.74, 6) is 0. The maximum atomic E-state index is 11.8. The lowest BCUT2D eigenvalue weighted by atomic mass is 10.3. The van der Waals surface area contributed by atoms with Gasteiger partial charge in [-0.1, -0.05) is 102 Å². The van der Waals surface area contributed by atoms with Crippen molar-refractivity contribution >= 4 is 84.7 Å². The second-order valence-corrected chi connectivity index (χ2v) is 13.1. The molecule has 12 aromatic rings. The Balaban J connectivity index is 0.000000129. The smallest absolute Gasteiger partial charge is 0.436 e. The van der Waals surface area contributed by atoms with Crippen LogP contribution in [0.25, 0.3) is 66.2 Å². The maximum Gasteiger partial charge on any atom is 0.562 e. The fourth-order valence-corrected chi connectivity index (χ4v) is 5.85. The van der Waals surface area contributed by atoms with Crippen LogP contribution in [0.1, 0.15) is 0 Å². The number of carbonyl (C=O) groups is 3. The summed E-state index contributed by atoms with van der Waals surface area (Å²) in [7, 11) is 2.22. The first kappa shape index (κ1) is 45.8. The average molecular weight is 953 g/mol. The van der Waals surface area contributed by atoms with Gasteiger partial charge < -0.3 is 15.1 Å². The van der Waals surface area contributed by atoms with Crippen LogP contribution in [0.15, 0.2) is 146 Å². The van der Waals surface area contributed by atoms with Crippen LogP contribution < -0.4 is 24.2 Å². The van der Waals surface area contributed by atoms with E-state index in [-0.39, 0.29) is 0 Å². The topological polar surface area (TPSA) is 331 Å². The third kappa shape index (κ3) is 10.5. The number of fused-ring (bicyclic) bond motifs is 6. The number of nitrogens with zero attached hydrogens (tertiary/aromatic N) is 18. The van der Waals surface area contributed by atoms with Gasteiger partial charge in [0, 0.05) is 7.11 Å². The third-order valence-corrected chi connectivity index (χ3v) is 8.91. The predicted molar refractivity (Wildman–Crippen MR) is 237 cm³/mol. The zero-order valence-corrected chi connectivity index (χ0v) is 36.0. The zero-order chi connectivity index (χ0) is 48.8. The van der Waals surface area contributed by atoms with Crippen LogP contribution in [0.5, 0.6) is 0 Å². The molecule has 0 saturated carbocycles. The van der Waals surface area contributed by atoms with Crippen molar-refractivity contribution in [3.8, 4) is 0 Å². The first-order chi connectivity index (χ1) is 34.3. The molecule has 0 atom stereocenters. The lowest BCUT2D eigenvalue weighted by molar-refractivity contribution is 0.0254. The highest BCUT2D eigenvalue weighted by Gasteiger charge is 2.17. The number of hydrogen-bond acceptors (Lipinski definition) is 23. The standard InChI is InChI=1S/2C13H8N6O3.C8H7N3O3.C6H5N3O.CH4O/c2*20-13(21-18-11-7-3-1-5-9(11)14-16-18)22-19-12-8-4-2-6-10(12)15-17-19;1-13-8(12)14-11-7-5-3-2-4-6(7)9-10-11;10-9-6-4-2-1-3-5(6)7-8-9;1-2/h2*1-8H;2-5H,1H3;1-4,10H;2H,1H3. The molecule has 0 amide bonds. The van der Waals surface area contributed by atoms with Crippen LogP contribution in [0.4, 0.5) is 14.4 Å². The van der Waals surface area contributed by atoms with E-state index in [2.05, 4.69) is 66.6 Å². The molecule has 352 valence electrons. The van der Waals surface area contributed by atoms with E-state index in [1.54, 1.807) is 127 Å². The molecular formula is C41H32N18O11. The first-order valence-electron chi connectivity index (χ1n) is 19.9. The second kappa shape index (κ2) is 21.5. The molecule has 29 heteroatoms. The van der Waals surface area contributed by atoms with Crippen molar-refractivity contribution in [2.75, 3.05) is 14.2 Å². The largest absolute Gasteiger partial charge is 0.562 e. The van der Waals surface area contributed by atoms with Crippen molar-refractivity contribution in [1.29, 1.82) is 0 Å². The van der Waals surface area contributed by atoms with E-state index in [1.807, 2.05) is 18.2 Å². The fourth-order valence-electron chi connectivity index (χ4n) is 5.85. The summed E-state index contributed by atoms with van der Waals surface area (Å²) >= 11 is 0. The quantitative estimate of drug-likeness (QED) is 0.142. The number of aliphatic hydroxyl groups excluding tert-OH is 1. The van der Waals surface area contributed by atoms with Gasteiger partial charge in [-0.2, -0.15) is 9.59 Å². The summed E-state index contributed by atoms with van der Waals surface area (Å²) in [5.41, 5.74) is 7.16. The number of rotatable bonds is 5. The molecule has 12 rings (SSSR count). The molecule has 0 fully saturated rings. The molecule has 2 N–H and O–H groups in total. The van der Waals surface area contributed by atoms with E-state index in [0.717, 1.165) is 36.2 Å². The predicted octanol–water partition coefficient (Wildman–Crippen LogP) is 2.61. The molecule has 29 nitrogen and oxygen atoms in total. The summed E-state index contributed by atoms with van der Waals surface area (Å²) in [5, 5.41) is 60.8. The van der Waals surface area contributed by atoms with Gasteiger partial charge in [-0.15, -0.1) is 30.6 Å². The minimum absolute atomic E-state index is 0.544. The van der Waals surface area contributed by atoms with E-state index < -0.39 is 18.5 Å². The Kier molecular flexibility index (Phi) is 14.1. The number of aliphatic hydroxyl groups is 1. The van der Waals surface area contributed by atoms with E-state index in [9.17, 15) is 14.4 Å². The molecule has 6 heterocycles. The number of methoxy groups -OCH3 is 1. The molecule has 0 aliphatic heterocycles. The number of ether oxygens (including phenoxy) is 1. The molecule has 70 heavy (non-hydrogen) atoms. The molecule has 0 saturated heterocycles. The van der Waals surface area contributed by atoms with Gasteiger partial charge in [-0.25, -0.2) is 4.79 Å². The second-order valence-electron chi connectivity index (χ2n) is 13.1. The average Bonchev–Trinajstić information content (AvgIpc) is 4.29. The van der Waals surface area contributed by atoms with Crippen LogP contribution in [0.2, 0.25) is 0 Å². The van der Waals surface area contributed by atoms with E-state index in [4.69, 9.17) is 34.5 Å². The van der Waals surface area contributed by atoms with E-state index >= 15 is 0 Å². The fraction of sp³-hybridized carbons (Fsp3) is 0.0488. The Labute approximate surface area is 388 Å². The van der Waals surface area contributed by atoms with Crippen molar-refractivity contribution < 1.29 is 53.6 Å². The summed E-state index contributed by atoms with van der Waals surface area (Å²) < 4.78 is 4.32. The SMILES string of the molecule is CO.COC(=O)On1nnc2ccccc21.O=C(On1nnc2ccccc21)On1nnc2ccccc21.O=C(On1nnc2ccccc21)On1nnc2ccccc21.On1nnc2ccccc21. The Morgan fingerprint density at radius 1 is 0.343 bits per heavy atom. The minimum atomic E-state index is -1.01. The van der Waals surface area contributed by atoms with Crippen LogP contribution >= 0.6 is 0 Å². The van der Waals surface area contributed by atoms with Gasteiger partial charge in [-0.05, 0) is 104 Å². The molecule has 6 aromatic heterocycles. The van der Waals surface area contributed by atoms with Crippen LogP contribution in [-0.4, -0.2) is 134 Å². The number of para-hydroxylation sites is 6. The molecule has 0 aliphatic rings. The summed E-state index contributed by atoms with van der Waals surface area (Å²) in [6, 6.07) is 42.5. The van der Waals surface area contributed by atoms with Crippen LogP contribution in [0, 0.1) is 0 Å². The third-order valence-electron chi connectivity index (χ3n) is 8.91. The van der Waals surface area contributed by atoms with E-state index in [0.29, 0.717) is 66.2 Å². The van der Waals surface area contributed by atoms with Crippen molar-refractivity contribution in [3.05, 3.63) is 146 Å². The Morgan fingerprint density at radius 3 is 0.814 bits per heavy atom. The lowest BCUT2D eigenvalue weighted by Crippen LogP contribution is -2.30. The Morgan fingerprint density at radius 2 is 0.557 bits per heavy atom. The highest BCUT2D eigenvalue weighted by atomic mass is 16.9. The van der Waals surface area contributed by atoms with E-state index in [1.165, 1.54) is 7.11 Å². The van der Waals surface area contributed by atoms with Gasteiger partial charge in [0.25, 0.3) is 0 Å². The molecule has 0 unspecified atom stereocenters. The van der Waals surface area contributed by atoms with Gasteiger partial charge in [0.1, 0.15) is 66.2 Å². The highest BCUT2D eigenvalue weighted by molar-refractivity contribution is 5.78. The minimum Gasteiger partial charge on any atom is -0.436 e. The highest BCUT2D eigenvalue weighted by Crippen LogP contribution is 2.13. The maximum absolute atomic E-state index is 11.8. The van der Waals surface area contributed by atoms with Gasteiger partial charge in [0.2, 0.25) is 0 Å². The van der Waals surface area contributed by atoms with Gasteiger partial charge in [0.05, 0.1) is 7.11 Å². The molecule has 0 spiro atoms. The summed E-state index contributed by atoms with van der Waals surface area (Å²) in [4.78, 5) is 64.8. The van der Waals surface area contributed by atoms with Gasteiger partial charge in [-0.3, -0.25) is 24.2 Å². The van der Waals surface area contributed by atoms with Crippen molar-refractivity contribution in [2.24, 2.45) is 0 Å². The number of benzene rings is 6. The van der Waals surface area contributed by atoms with Gasteiger partial charge in [0.15, 0.2) is 0 Å².